The second-order valence-electron chi connectivity index (χ2n) is 5.73. The van der Waals surface area contributed by atoms with E-state index >= 15 is 0 Å². The summed E-state index contributed by atoms with van der Waals surface area (Å²) < 4.78 is 10.3. The second kappa shape index (κ2) is 9.96. The summed E-state index contributed by atoms with van der Waals surface area (Å²) in [5.74, 6) is -0.0385. The van der Waals surface area contributed by atoms with Gasteiger partial charge in [-0.05, 0) is 48.9 Å². The molecule has 0 aliphatic rings. The van der Waals surface area contributed by atoms with Crippen LogP contribution < -0.4 is 10.1 Å². The molecule has 7 heteroatoms. The number of oxime groups is 1. The van der Waals surface area contributed by atoms with E-state index in [0.29, 0.717) is 23.4 Å². The van der Waals surface area contributed by atoms with Gasteiger partial charge in [0.15, 0.2) is 0 Å². The molecule has 0 spiro atoms. The Morgan fingerprint density at radius 2 is 1.85 bits per heavy atom. The molecule has 2 aromatic rings. The number of carbonyl (C=O) groups is 2. The van der Waals surface area contributed by atoms with Crippen molar-refractivity contribution in [1.82, 2.24) is 0 Å². The van der Waals surface area contributed by atoms with Gasteiger partial charge >= 0.3 is 5.97 Å². The van der Waals surface area contributed by atoms with Crippen molar-refractivity contribution >= 4 is 23.3 Å². The minimum atomic E-state index is -0.587. The van der Waals surface area contributed by atoms with Crippen molar-refractivity contribution in [3.05, 3.63) is 59.7 Å². The summed E-state index contributed by atoms with van der Waals surface area (Å²) in [7, 11) is 1.55. The molecule has 0 atom stereocenters. The lowest BCUT2D eigenvalue weighted by Crippen LogP contribution is -2.16. The normalized spacial score (nSPS) is 11.0. The van der Waals surface area contributed by atoms with E-state index in [4.69, 9.17) is 9.47 Å². The number of amides is 1. The Balaban J connectivity index is 2.00. The van der Waals surface area contributed by atoms with Crippen molar-refractivity contribution in [2.45, 2.75) is 19.8 Å². The van der Waals surface area contributed by atoms with Crippen LogP contribution in [0.1, 0.15) is 35.7 Å². The standard InChI is InChI=1S/C20H22N2O5/c1-3-5-19(23)21-16-7-4-6-15(12-16)20(24)27-13-18(22-25)14-8-10-17(26-2)11-9-14/h4,6-12,25H,3,5,13H2,1-2H3,(H,21,23)/b22-18+. The van der Waals surface area contributed by atoms with E-state index in [9.17, 15) is 14.8 Å². The van der Waals surface area contributed by atoms with Gasteiger partial charge in [-0.2, -0.15) is 0 Å². The lowest BCUT2D eigenvalue weighted by atomic mass is 10.1. The zero-order chi connectivity index (χ0) is 19.6. The van der Waals surface area contributed by atoms with E-state index in [1.165, 1.54) is 0 Å². The number of ether oxygens (including phenoxy) is 2. The zero-order valence-corrected chi connectivity index (χ0v) is 15.3. The molecule has 0 radical (unpaired) electrons. The third-order valence-corrected chi connectivity index (χ3v) is 3.74. The highest BCUT2D eigenvalue weighted by Crippen LogP contribution is 2.14. The van der Waals surface area contributed by atoms with Crippen molar-refractivity contribution in [3.8, 4) is 5.75 Å². The van der Waals surface area contributed by atoms with Crippen LogP contribution in [0, 0.1) is 0 Å². The molecule has 7 nitrogen and oxygen atoms in total. The summed E-state index contributed by atoms with van der Waals surface area (Å²) in [5, 5.41) is 15.1. The minimum Gasteiger partial charge on any atom is -0.497 e. The first-order valence-electron chi connectivity index (χ1n) is 8.49. The van der Waals surface area contributed by atoms with Crippen LogP contribution in [-0.4, -0.2) is 36.5 Å². The lowest BCUT2D eigenvalue weighted by molar-refractivity contribution is -0.116. The van der Waals surface area contributed by atoms with Gasteiger partial charge in [0.05, 0.1) is 12.7 Å². The van der Waals surface area contributed by atoms with Crippen LogP contribution in [0.25, 0.3) is 0 Å². The number of esters is 1. The molecule has 27 heavy (non-hydrogen) atoms. The first-order valence-corrected chi connectivity index (χ1v) is 8.49. The Morgan fingerprint density at radius 3 is 2.48 bits per heavy atom. The van der Waals surface area contributed by atoms with Crippen LogP contribution >= 0.6 is 0 Å². The highest BCUT2D eigenvalue weighted by molar-refractivity contribution is 6.03. The third kappa shape index (κ3) is 5.85. The topological polar surface area (TPSA) is 97.2 Å². The van der Waals surface area contributed by atoms with Crippen LogP contribution in [0.5, 0.6) is 5.75 Å². The van der Waals surface area contributed by atoms with Gasteiger partial charge in [0, 0.05) is 17.7 Å². The first kappa shape index (κ1) is 20.0. The number of anilines is 1. The summed E-state index contributed by atoms with van der Waals surface area (Å²) in [5.41, 5.74) is 1.62. The maximum Gasteiger partial charge on any atom is 0.338 e. The van der Waals surface area contributed by atoms with Gasteiger partial charge in [0.1, 0.15) is 18.1 Å². The van der Waals surface area contributed by atoms with Crippen LogP contribution in [0.4, 0.5) is 5.69 Å². The summed E-state index contributed by atoms with van der Waals surface area (Å²) in [6, 6.07) is 13.3. The summed E-state index contributed by atoms with van der Waals surface area (Å²) in [6.45, 7) is 1.71. The van der Waals surface area contributed by atoms with Gasteiger partial charge in [-0.3, -0.25) is 4.79 Å². The quantitative estimate of drug-likeness (QED) is 0.321. The van der Waals surface area contributed by atoms with E-state index in [-0.39, 0.29) is 23.8 Å². The number of nitrogens with one attached hydrogen (secondary N) is 1. The molecule has 0 heterocycles. The fourth-order valence-corrected chi connectivity index (χ4v) is 2.35. The van der Waals surface area contributed by atoms with E-state index in [2.05, 4.69) is 10.5 Å². The predicted octanol–water partition coefficient (Wildman–Crippen LogP) is 3.47. The molecule has 142 valence electrons. The molecular formula is C20H22N2O5. The van der Waals surface area contributed by atoms with Gasteiger partial charge in [-0.15, -0.1) is 0 Å². The van der Waals surface area contributed by atoms with E-state index in [0.717, 1.165) is 6.42 Å². The Kier molecular flexibility index (Phi) is 7.37. The number of methoxy groups -OCH3 is 1. The maximum absolute atomic E-state index is 12.3. The molecule has 0 aliphatic carbocycles. The number of hydrogen-bond donors (Lipinski definition) is 2. The highest BCUT2D eigenvalue weighted by Gasteiger charge is 2.12. The van der Waals surface area contributed by atoms with Gasteiger partial charge in [0.25, 0.3) is 0 Å². The SMILES string of the molecule is CCCC(=O)Nc1cccc(C(=O)OC/C(=N\O)c2ccc(OC)cc2)c1. The van der Waals surface area contributed by atoms with Crippen LogP contribution in [0.3, 0.4) is 0 Å². The number of rotatable bonds is 8. The van der Waals surface area contributed by atoms with Crippen molar-refractivity contribution < 1.29 is 24.3 Å². The average molecular weight is 370 g/mol. The zero-order valence-electron chi connectivity index (χ0n) is 15.3. The molecule has 0 saturated heterocycles. The molecule has 0 bridgehead atoms. The van der Waals surface area contributed by atoms with E-state index in [1.54, 1.807) is 55.6 Å². The van der Waals surface area contributed by atoms with Crippen LogP contribution in [-0.2, 0) is 9.53 Å². The van der Waals surface area contributed by atoms with Gasteiger partial charge < -0.3 is 20.0 Å². The molecule has 0 unspecified atom stereocenters. The van der Waals surface area contributed by atoms with E-state index < -0.39 is 5.97 Å². The number of carbonyl (C=O) groups excluding carboxylic acids is 2. The summed E-state index contributed by atoms with van der Waals surface area (Å²) in [6.07, 6.45) is 1.15. The van der Waals surface area contributed by atoms with Crippen LogP contribution in [0.15, 0.2) is 53.7 Å². The van der Waals surface area contributed by atoms with Crippen molar-refractivity contribution in [1.29, 1.82) is 0 Å². The Hall–Kier alpha value is -3.35. The monoisotopic (exact) mass is 370 g/mol. The largest absolute Gasteiger partial charge is 0.497 e. The van der Waals surface area contributed by atoms with Gasteiger partial charge in [-0.25, -0.2) is 4.79 Å². The molecule has 2 aromatic carbocycles. The van der Waals surface area contributed by atoms with Crippen molar-refractivity contribution in [2.24, 2.45) is 5.16 Å². The highest BCUT2D eigenvalue weighted by atomic mass is 16.5. The van der Waals surface area contributed by atoms with Crippen LogP contribution in [0.2, 0.25) is 0 Å². The lowest BCUT2D eigenvalue weighted by Gasteiger charge is -2.09. The summed E-state index contributed by atoms with van der Waals surface area (Å²) >= 11 is 0. The fraction of sp³-hybridized carbons (Fsp3) is 0.250. The third-order valence-electron chi connectivity index (χ3n) is 3.74. The Labute approximate surface area is 157 Å². The molecule has 1 amide bonds. The average Bonchev–Trinajstić information content (AvgIpc) is 2.69. The smallest absolute Gasteiger partial charge is 0.338 e. The predicted molar refractivity (Wildman–Crippen MR) is 102 cm³/mol. The van der Waals surface area contributed by atoms with Crippen molar-refractivity contribution in [2.75, 3.05) is 19.0 Å². The fourth-order valence-electron chi connectivity index (χ4n) is 2.35. The molecular weight excluding hydrogens is 348 g/mol. The Morgan fingerprint density at radius 1 is 1.11 bits per heavy atom. The molecule has 2 N–H and O–H groups in total. The molecule has 2 rings (SSSR count). The van der Waals surface area contributed by atoms with E-state index in [1.807, 2.05) is 6.92 Å². The Bertz CT molecular complexity index is 815. The first-order chi connectivity index (χ1) is 13.1. The van der Waals surface area contributed by atoms with Gasteiger partial charge in [0.2, 0.25) is 5.91 Å². The summed E-state index contributed by atoms with van der Waals surface area (Å²) in [4.78, 5) is 23.9. The van der Waals surface area contributed by atoms with Gasteiger partial charge in [-0.1, -0.05) is 18.1 Å². The molecule has 0 aliphatic heterocycles. The second-order valence-corrected chi connectivity index (χ2v) is 5.73. The molecule has 0 saturated carbocycles. The molecule has 0 fully saturated rings. The number of hydrogen-bond acceptors (Lipinski definition) is 6. The minimum absolute atomic E-state index is 0.114. The van der Waals surface area contributed by atoms with Crippen molar-refractivity contribution in [3.63, 3.8) is 0 Å². The number of benzene rings is 2. The number of nitrogens with zero attached hydrogens (tertiary/aromatic N) is 1. The molecule has 0 aromatic heterocycles. The maximum atomic E-state index is 12.3.